The van der Waals surface area contributed by atoms with E-state index in [-0.39, 0.29) is 11.9 Å². The van der Waals surface area contributed by atoms with Gasteiger partial charge in [0.05, 0.1) is 12.5 Å². The minimum absolute atomic E-state index is 0.195. The number of fused-ring (bicyclic) bond motifs is 1. The molecule has 2 aromatic carbocycles. The summed E-state index contributed by atoms with van der Waals surface area (Å²) >= 11 is 0. The lowest BCUT2D eigenvalue weighted by Crippen LogP contribution is -2.31. The molecule has 0 radical (unpaired) electrons. The van der Waals surface area contributed by atoms with Gasteiger partial charge in [-0.1, -0.05) is 42.5 Å². The van der Waals surface area contributed by atoms with Crippen LogP contribution >= 0.6 is 0 Å². The minimum Gasteiger partial charge on any atom is -0.335 e. The van der Waals surface area contributed by atoms with Crippen LogP contribution < -0.4 is 0 Å². The van der Waals surface area contributed by atoms with Crippen molar-refractivity contribution in [3.63, 3.8) is 0 Å². The molecule has 4 rings (SSSR count). The first-order valence-electron chi connectivity index (χ1n) is 8.48. The van der Waals surface area contributed by atoms with Crippen LogP contribution in [0.2, 0.25) is 0 Å². The van der Waals surface area contributed by atoms with Crippen LogP contribution in [0.4, 0.5) is 0 Å². The molecule has 3 heteroatoms. The highest BCUT2D eigenvalue weighted by Crippen LogP contribution is 2.32. The molecule has 3 nitrogen and oxygen atoms in total. The summed E-state index contributed by atoms with van der Waals surface area (Å²) in [6.45, 7) is 0.847. The number of amides is 1. The number of likely N-dealkylation sites (tertiary alicyclic amines) is 1. The van der Waals surface area contributed by atoms with Gasteiger partial charge in [-0.05, 0) is 46.9 Å². The predicted octanol–water partition coefficient (Wildman–Crippen LogP) is 4.14. The zero-order valence-electron chi connectivity index (χ0n) is 13.6. The van der Waals surface area contributed by atoms with E-state index in [1.54, 1.807) is 12.4 Å². The van der Waals surface area contributed by atoms with Crippen LogP contribution in [0.3, 0.4) is 0 Å². The quantitative estimate of drug-likeness (QED) is 0.727. The predicted molar refractivity (Wildman–Crippen MR) is 95.6 cm³/mol. The van der Waals surface area contributed by atoms with Crippen molar-refractivity contribution in [2.75, 3.05) is 6.54 Å². The van der Waals surface area contributed by atoms with Gasteiger partial charge in [0.25, 0.3) is 0 Å². The minimum atomic E-state index is 0.195. The lowest BCUT2D eigenvalue weighted by molar-refractivity contribution is -0.131. The Balaban J connectivity index is 1.54. The fourth-order valence-electron chi connectivity index (χ4n) is 3.62. The first-order valence-corrected chi connectivity index (χ1v) is 8.48. The van der Waals surface area contributed by atoms with Crippen LogP contribution in [0.15, 0.2) is 67.0 Å². The van der Waals surface area contributed by atoms with Crippen LogP contribution in [-0.4, -0.2) is 22.3 Å². The molecular weight excluding hydrogens is 296 g/mol. The van der Waals surface area contributed by atoms with E-state index in [0.29, 0.717) is 6.42 Å². The molecule has 1 saturated heterocycles. The Bertz CT molecular complexity index is 860. The van der Waals surface area contributed by atoms with Crippen molar-refractivity contribution >= 4 is 16.7 Å². The van der Waals surface area contributed by atoms with Crippen LogP contribution in [0.5, 0.6) is 0 Å². The van der Waals surface area contributed by atoms with E-state index < -0.39 is 0 Å². The van der Waals surface area contributed by atoms with Gasteiger partial charge in [0.2, 0.25) is 5.91 Å². The molecule has 0 saturated carbocycles. The summed E-state index contributed by atoms with van der Waals surface area (Å²) in [7, 11) is 0. The van der Waals surface area contributed by atoms with Gasteiger partial charge >= 0.3 is 0 Å². The molecule has 2 heterocycles. The number of aromatic nitrogens is 1. The number of hydrogen-bond donors (Lipinski definition) is 0. The maximum Gasteiger partial charge on any atom is 0.227 e. The fraction of sp³-hybridized carbons (Fsp3) is 0.238. The van der Waals surface area contributed by atoms with Crippen molar-refractivity contribution in [1.82, 2.24) is 9.88 Å². The number of hydrogen-bond acceptors (Lipinski definition) is 2. The molecule has 0 aliphatic carbocycles. The number of pyridine rings is 1. The van der Waals surface area contributed by atoms with E-state index in [2.05, 4.69) is 35.3 Å². The Morgan fingerprint density at radius 1 is 1.04 bits per heavy atom. The second-order valence-corrected chi connectivity index (χ2v) is 6.38. The van der Waals surface area contributed by atoms with E-state index >= 15 is 0 Å². The maximum absolute atomic E-state index is 12.8. The van der Waals surface area contributed by atoms with E-state index in [9.17, 15) is 4.79 Å². The first kappa shape index (κ1) is 14.9. The fourth-order valence-corrected chi connectivity index (χ4v) is 3.62. The Hall–Kier alpha value is -2.68. The smallest absolute Gasteiger partial charge is 0.227 e. The molecule has 1 aromatic heterocycles. The van der Waals surface area contributed by atoms with Gasteiger partial charge in [-0.2, -0.15) is 0 Å². The third-order valence-corrected chi connectivity index (χ3v) is 4.83. The monoisotopic (exact) mass is 316 g/mol. The second-order valence-electron chi connectivity index (χ2n) is 6.38. The van der Waals surface area contributed by atoms with Crippen molar-refractivity contribution < 1.29 is 4.79 Å². The standard InChI is InChI=1S/C21H20N2O/c24-21(15-16-7-8-17-4-1-2-5-19(17)14-16)23-13-3-6-20(23)18-9-11-22-12-10-18/h1-2,4-5,7-12,14,20H,3,6,13,15H2/t20-/m0/s1. The van der Waals surface area contributed by atoms with Crippen LogP contribution in [0.1, 0.15) is 30.0 Å². The normalized spacial score (nSPS) is 17.3. The zero-order chi connectivity index (χ0) is 16.4. The molecule has 24 heavy (non-hydrogen) atoms. The van der Waals surface area contributed by atoms with Crippen molar-refractivity contribution in [3.8, 4) is 0 Å². The number of benzene rings is 2. The summed E-state index contributed by atoms with van der Waals surface area (Å²) in [5, 5.41) is 2.40. The van der Waals surface area contributed by atoms with Gasteiger partial charge in [0, 0.05) is 18.9 Å². The van der Waals surface area contributed by atoms with Crippen LogP contribution in [0.25, 0.3) is 10.8 Å². The summed E-state index contributed by atoms with van der Waals surface area (Å²) in [4.78, 5) is 19.0. The average Bonchev–Trinajstić information content (AvgIpc) is 3.12. The van der Waals surface area contributed by atoms with Gasteiger partial charge in [-0.15, -0.1) is 0 Å². The second kappa shape index (κ2) is 6.44. The van der Waals surface area contributed by atoms with Gasteiger partial charge < -0.3 is 4.90 Å². The van der Waals surface area contributed by atoms with Crippen LogP contribution in [0, 0.1) is 0 Å². The lowest BCUT2D eigenvalue weighted by atomic mass is 10.0. The summed E-state index contributed by atoms with van der Waals surface area (Å²) < 4.78 is 0. The van der Waals surface area contributed by atoms with E-state index in [4.69, 9.17) is 0 Å². The number of rotatable bonds is 3. The third-order valence-electron chi connectivity index (χ3n) is 4.83. The van der Waals surface area contributed by atoms with Crippen LogP contribution in [-0.2, 0) is 11.2 Å². The summed E-state index contributed by atoms with van der Waals surface area (Å²) in [5.74, 6) is 0.213. The zero-order valence-corrected chi connectivity index (χ0v) is 13.6. The maximum atomic E-state index is 12.8. The number of carbonyl (C=O) groups is 1. The molecule has 1 aliphatic rings. The van der Waals surface area contributed by atoms with E-state index in [1.807, 2.05) is 29.2 Å². The van der Waals surface area contributed by atoms with Crippen molar-refractivity contribution in [2.45, 2.75) is 25.3 Å². The first-order chi connectivity index (χ1) is 11.8. The number of carbonyl (C=O) groups excluding carboxylic acids is 1. The molecule has 0 unspecified atom stereocenters. The molecule has 1 amide bonds. The van der Waals surface area contributed by atoms with Crippen molar-refractivity contribution in [2.24, 2.45) is 0 Å². The molecule has 0 bridgehead atoms. The van der Waals surface area contributed by atoms with Gasteiger partial charge in [0.1, 0.15) is 0 Å². The summed E-state index contributed by atoms with van der Waals surface area (Å²) in [6, 6.07) is 18.8. The molecule has 0 spiro atoms. The molecule has 1 fully saturated rings. The Labute approximate surface area is 141 Å². The van der Waals surface area contributed by atoms with Gasteiger partial charge in [-0.25, -0.2) is 0 Å². The SMILES string of the molecule is O=C(Cc1ccc2ccccc2c1)N1CCC[C@H]1c1ccncc1. The lowest BCUT2D eigenvalue weighted by Gasteiger charge is -2.25. The highest BCUT2D eigenvalue weighted by molar-refractivity contribution is 5.85. The average molecular weight is 316 g/mol. The Morgan fingerprint density at radius 2 is 1.83 bits per heavy atom. The molecule has 120 valence electrons. The van der Waals surface area contributed by atoms with E-state index in [0.717, 1.165) is 24.9 Å². The third kappa shape index (κ3) is 2.90. The topological polar surface area (TPSA) is 33.2 Å². The molecule has 3 aromatic rings. The summed E-state index contributed by atoms with van der Waals surface area (Å²) in [5.41, 5.74) is 2.27. The Morgan fingerprint density at radius 3 is 2.67 bits per heavy atom. The molecule has 0 N–H and O–H groups in total. The number of nitrogens with zero attached hydrogens (tertiary/aromatic N) is 2. The Kier molecular flexibility index (Phi) is 3.99. The highest BCUT2D eigenvalue weighted by atomic mass is 16.2. The summed E-state index contributed by atoms with van der Waals surface area (Å²) in [6.07, 6.45) is 6.18. The van der Waals surface area contributed by atoms with E-state index in [1.165, 1.54) is 16.3 Å². The van der Waals surface area contributed by atoms with Gasteiger partial charge in [0.15, 0.2) is 0 Å². The van der Waals surface area contributed by atoms with Crippen molar-refractivity contribution in [1.29, 1.82) is 0 Å². The largest absolute Gasteiger partial charge is 0.335 e. The molecule has 1 atom stereocenters. The van der Waals surface area contributed by atoms with Gasteiger partial charge in [-0.3, -0.25) is 9.78 Å². The highest BCUT2D eigenvalue weighted by Gasteiger charge is 2.29. The molecule has 1 aliphatic heterocycles. The van der Waals surface area contributed by atoms with Crippen molar-refractivity contribution in [3.05, 3.63) is 78.1 Å². The molecular formula is C21H20N2O.